The lowest BCUT2D eigenvalue weighted by molar-refractivity contribution is -0.137. The van der Waals surface area contributed by atoms with Crippen molar-refractivity contribution in [2.24, 2.45) is 5.41 Å². The smallest absolute Gasteiger partial charge is 0.342 e. The van der Waals surface area contributed by atoms with Gasteiger partial charge < -0.3 is 15.1 Å². The highest BCUT2D eigenvalue weighted by molar-refractivity contribution is 5.92. The number of alkyl halides is 3. The normalized spacial score (nSPS) is 23.2. The largest absolute Gasteiger partial charge is 0.418 e. The van der Waals surface area contributed by atoms with Crippen molar-refractivity contribution in [2.75, 3.05) is 31.5 Å². The van der Waals surface area contributed by atoms with Gasteiger partial charge in [0.1, 0.15) is 0 Å². The van der Waals surface area contributed by atoms with Crippen molar-refractivity contribution in [1.82, 2.24) is 9.80 Å². The molecule has 0 saturated carbocycles. The highest BCUT2D eigenvalue weighted by Crippen LogP contribution is 2.41. The number of hydrogen-bond donors (Lipinski definition) is 1. The predicted molar refractivity (Wildman–Crippen MR) is 90.6 cm³/mol. The van der Waals surface area contributed by atoms with E-state index < -0.39 is 23.2 Å². The van der Waals surface area contributed by atoms with Crippen LogP contribution in [0.1, 0.15) is 31.7 Å². The third-order valence-corrected chi connectivity index (χ3v) is 5.21. The molecule has 0 aliphatic carbocycles. The summed E-state index contributed by atoms with van der Waals surface area (Å²) in [6.45, 7) is 4.01. The quantitative estimate of drug-likeness (QED) is 0.886. The number of rotatable bonds is 3. The van der Waals surface area contributed by atoms with Gasteiger partial charge in [-0.15, -0.1) is 0 Å². The Labute approximate surface area is 150 Å². The second-order valence-electron chi connectivity index (χ2n) is 6.97. The van der Waals surface area contributed by atoms with Gasteiger partial charge in [0.2, 0.25) is 5.91 Å². The summed E-state index contributed by atoms with van der Waals surface area (Å²) >= 11 is 0. The van der Waals surface area contributed by atoms with Gasteiger partial charge in [-0.1, -0.05) is 19.1 Å². The van der Waals surface area contributed by atoms with Crippen molar-refractivity contribution in [3.63, 3.8) is 0 Å². The number of benzene rings is 1. The molecule has 1 aromatic rings. The Hall–Kier alpha value is -2.25. The van der Waals surface area contributed by atoms with Gasteiger partial charge in [-0.2, -0.15) is 13.2 Å². The minimum Gasteiger partial charge on any atom is -0.342 e. The minimum atomic E-state index is -4.54. The van der Waals surface area contributed by atoms with Crippen molar-refractivity contribution in [1.29, 1.82) is 0 Å². The van der Waals surface area contributed by atoms with Crippen molar-refractivity contribution in [3.05, 3.63) is 29.8 Å². The number of nitrogens with zero attached hydrogens (tertiary/aromatic N) is 2. The number of hydrogen-bond acceptors (Lipinski definition) is 2. The number of anilines is 1. The molecule has 2 aliphatic heterocycles. The molecule has 3 amide bonds. The Morgan fingerprint density at radius 1 is 1.23 bits per heavy atom. The molecule has 0 radical (unpaired) electrons. The van der Waals surface area contributed by atoms with Gasteiger partial charge in [0, 0.05) is 26.2 Å². The average Bonchev–Trinajstić information content (AvgIpc) is 3.15. The molecular weight excluding hydrogens is 347 g/mol. The monoisotopic (exact) mass is 369 g/mol. The van der Waals surface area contributed by atoms with E-state index in [2.05, 4.69) is 5.32 Å². The first-order chi connectivity index (χ1) is 12.3. The predicted octanol–water partition coefficient (Wildman–Crippen LogP) is 3.57. The summed E-state index contributed by atoms with van der Waals surface area (Å²) in [4.78, 5) is 28.4. The van der Waals surface area contributed by atoms with E-state index in [4.69, 9.17) is 0 Å². The lowest BCUT2D eigenvalue weighted by Crippen LogP contribution is -2.40. The first-order valence-corrected chi connectivity index (χ1v) is 8.78. The topological polar surface area (TPSA) is 52.6 Å². The molecule has 0 bridgehead atoms. The molecule has 1 N–H and O–H groups in total. The number of amides is 3. The molecular formula is C18H22F3N3O2. The fourth-order valence-electron chi connectivity index (χ4n) is 3.83. The molecule has 2 aliphatic rings. The lowest BCUT2D eigenvalue weighted by Gasteiger charge is -2.24. The number of urea groups is 1. The first-order valence-electron chi connectivity index (χ1n) is 8.78. The van der Waals surface area contributed by atoms with Crippen molar-refractivity contribution < 1.29 is 22.8 Å². The molecule has 1 spiro atoms. The highest BCUT2D eigenvalue weighted by Gasteiger charge is 2.51. The summed E-state index contributed by atoms with van der Waals surface area (Å²) < 4.78 is 39.2. The Morgan fingerprint density at radius 3 is 2.62 bits per heavy atom. The zero-order valence-corrected chi connectivity index (χ0v) is 14.6. The molecule has 3 rings (SSSR count). The van der Waals surface area contributed by atoms with Crippen LogP contribution in [0.2, 0.25) is 0 Å². The Balaban J connectivity index is 1.69. The van der Waals surface area contributed by atoms with Crippen LogP contribution in [0.4, 0.5) is 23.7 Å². The average molecular weight is 369 g/mol. The van der Waals surface area contributed by atoms with Crippen LogP contribution in [0.5, 0.6) is 0 Å². The maximum absolute atomic E-state index is 13.1. The van der Waals surface area contributed by atoms with Crippen molar-refractivity contribution in [2.45, 2.75) is 32.4 Å². The second kappa shape index (κ2) is 6.81. The van der Waals surface area contributed by atoms with E-state index in [-0.39, 0.29) is 18.1 Å². The van der Waals surface area contributed by atoms with Gasteiger partial charge in [-0.25, -0.2) is 4.79 Å². The maximum atomic E-state index is 13.1. The van der Waals surface area contributed by atoms with Crippen LogP contribution in [-0.4, -0.2) is 47.9 Å². The zero-order valence-electron chi connectivity index (χ0n) is 14.6. The summed E-state index contributed by atoms with van der Waals surface area (Å²) in [7, 11) is 0. The van der Waals surface area contributed by atoms with E-state index in [1.165, 1.54) is 23.1 Å². The Kier molecular flexibility index (Phi) is 4.86. The van der Waals surface area contributed by atoms with Gasteiger partial charge in [-0.05, 0) is 31.4 Å². The molecule has 0 aromatic heterocycles. The number of para-hydroxylation sites is 1. The molecule has 2 heterocycles. The van der Waals surface area contributed by atoms with Crippen molar-refractivity contribution >= 4 is 17.6 Å². The van der Waals surface area contributed by atoms with Gasteiger partial charge in [-0.3, -0.25) is 4.79 Å². The number of nitrogens with one attached hydrogen (secondary N) is 1. The van der Waals surface area contributed by atoms with Crippen LogP contribution in [0, 0.1) is 5.41 Å². The Bertz CT molecular complexity index is 707. The number of carbonyl (C=O) groups excluding carboxylic acids is 2. The van der Waals surface area contributed by atoms with E-state index in [1.807, 2.05) is 11.8 Å². The molecule has 2 saturated heterocycles. The minimum absolute atomic E-state index is 0.0605. The number of halogens is 3. The summed E-state index contributed by atoms with van der Waals surface area (Å²) in [5, 5.41) is 2.36. The lowest BCUT2D eigenvalue weighted by atomic mass is 9.85. The fourth-order valence-corrected chi connectivity index (χ4v) is 3.83. The Morgan fingerprint density at radius 2 is 1.92 bits per heavy atom. The fraction of sp³-hybridized carbons (Fsp3) is 0.556. The van der Waals surface area contributed by atoms with Gasteiger partial charge in [0.25, 0.3) is 0 Å². The van der Waals surface area contributed by atoms with Crippen LogP contribution < -0.4 is 5.32 Å². The van der Waals surface area contributed by atoms with E-state index >= 15 is 0 Å². The van der Waals surface area contributed by atoms with Gasteiger partial charge in [0.05, 0.1) is 16.7 Å². The maximum Gasteiger partial charge on any atom is 0.418 e. The highest BCUT2D eigenvalue weighted by atomic mass is 19.4. The van der Waals surface area contributed by atoms with Crippen LogP contribution in [0.25, 0.3) is 0 Å². The summed E-state index contributed by atoms with van der Waals surface area (Å²) in [5.74, 6) is 0.0605. The van der Waals surface area contributed by atoms with Crippen LogP contribution in [-0.2, 0) is 11.0 Å². The zero-order chi connectivity index (χ0) is 18.9. The molecule has 1 aromatic carbocycles. The number of carbonyl (C=O) groups is 2. The van der Waals surface area contributed by atoms with E-state index in [0.29, 0.717) is 32.5 Å². The standard InChI is InChI=1S/C18H22F3N3O2/c1-2-9-23-10-7-17(15(23)25)8-11-24(12-17)16(26)22-14-6-4-3-5-13(14)18(19,20)21/h3-6H,2,7-12H2,1H3,(H,22,26). The molecule has 26 heavy (non-hydrogen) atoms. The number of likely N-dealkylation sites (tertiary alicyclic amines) is 2. The van der Waals surface area contributed by atoms with Gasteiger partial charge in [0.15, 0.2) is 0 Å². The summed E-state index contributed by atoms with van der Waals surface area (Å²) in [6.07, 6.45) is -2.42. The first kappa shape index (κ1) is 18.5. The molecule has 8 heteroatoms. The van der Waals surface area contributed by atoms with E-state index in [1.54, 1.807) is 0 Å². The van der Waals surface area contributed by atoms with Crippen molar-refractivity contribution in [3.8, 4) is 0 Å². The third-order valence-electron chi connectivity index (χ3n) is 5.21. The molecule has 5 nitrogen and oxygen atoms in total. The van der Waals surface area contributed by atoms with Crippen LogP contribution in [0.3, 0.4) is 0 Å². The molecule has 1 atom stereocenters. The second-order valence-corrected chi connectivity index (χ2v) is 6.97. The third kappa shape index (κ3) is 3.37. The van der Waals surface area contributed by atoms with Gasteiger partial charge >= 0.3 is 12.2 Å². The molecule has 1 unspecified atom stereocenters. The van der Waals surface area contributed by atoms with E-state index in [9.17, 15) is 22.8 Å². The van der Waals surface area contributed by atoms with Crippen LogP contribution >= 0.6 is 0 Å². The summed E-state index contributed by atoms with van der Waals surface area (Å²) in [5.41, 5.74) is -1.72. The molecule has 2 fully saturated rings. The van der Waals surface area contributed by atoms with E-state index in [0.717, 1.165) is 12.5 Å². The summed E-state index contributed by atoms with van der Waals surface area (Å²) in [6, 6.07) is 4.29. The van der Waals surface area contributed by atoms with Crippen LogP contribution in [0.15, 0.2) is 24.3 Å². The molecule has 142 valence electrons. The SMILES string of the molecule is CCCN1CCC2(CCN(C(=O)Nc3ccccc3C(F)(F)F)C2)C1=O.